The Labute approximate surface area is 95.6 Å². The van der Waals surface area contributed by atoms with E-state index in [2.05, 4.69) is 40.3 Å². The molecule has 2 N–H and O–H groups in total. The maximum atomic E-state index is 4.34. The Kier molecular flexibility index (Phi) is 2.11. The molecule has 0 saturated heterocycles. The third kappa shape index (κ3) is 1.75. The second kappa shape index (κ2) is 3.74. The molecule has 0 saturated carbocycles. The fourth-order valence-corrected chi connectivity index (χ4v) is 1.44. The van der Waals surface area contributed by atoms with Gasteiger partial charge in [-0.15, -0.1) is 0 Å². The Morgan fingerprint density at radius 2 is 1.65 bits per heavy atom. The van der Waals surface area contributed by atoms with Crippen molar-refractivity contribution in [3.8, 4) is 23.2 Å². The lowest BCUT2D eigenvalue weighted by Gasteiger charge is -2.01. The molecule has 0 bridgehead atoms. The first kappa shape index (κ1) is 9.58. The summed E-state index contributed by atoms with van der Waals surface area (Å²) in [5.74, 6) is 1.60. The summed E-state index contributed by atoms with van der Waals surface area (Å²) in [4.78, 5) is 16.7. The Morgan fingerprint density at radius 1 is 0.941 bits per heavy atom. The van der Waals surface area contributed by atoms with Crippen LogP contribution >= 0.6 is 0 Å². The first-order chi connectivity index (χ1) is 8.33. The van der Waals surface area contributed by atoms with Gasteiger partial charge in [-0.05, 0) is 13.0 Å². The molecule has 3 aromatic rings. The number of aryl methyl sites for hydroxylation is 1. The van der Waals surface area contributed by atoms with E-state index in [0.717, 1.165) is 5.69 Å². The van der Waals surface area contributed by atoms with Gasteiger partial charge in [0, 0.05) is 5.69 Å². The summed E-state index contributed by atoms with van der Waals surface area (Å²) in [7, 11) is 0. The molecule has 0 aromatic carbocycles. The van der Waals surface area contributed by atoms with Gasteiger partial charge in [-0.25, -0.2) is 19.9 Å². The van der Waals surface area contributed by atoms with Crippen LogP contribution in [0.2, 0.25) is 0 Å². The second-order valence-electron chi connectivity index (χ2n) is 3.39. The van der Waals surface area contributed by atoms with Crippen molar-refractivity contribution in [1.29, 1.82) is 0 Å². The van der Waals surface area contributed by atoms with Crippen LogP contribution in [0.15, 0.2) is 18.7 Å². The Morgan fingerprint density at radius 3 is 2.29 bits per heavy atom. The highest BCUT2D eigenvalue weighted by atomic mass is 15.2. The van der Waals surface area contributed by atoms with Crippen LogP contribution in [-0.4, -0.2) is 40.3 Å². The maximum absolute atomic E-state index is 4.34. The van der Waals surface area contributed by atoms with E-state index < -0.39 is 0 Å². The molecule has 0 unspecified atom stereocenters. The maximum Gasteiger partial charge on any atom is 0.198 e. The average molecular weight is 228 g/mol. The monoisotopic (exact) mass is 228 g/mol. The molecule has 8 nitrogen and oxygen atoms in total. The Hall–Kier alpha value is -2.64. The van der Waals surface area contributed by atoms with Gasteiger partial charge in [0.05, 0.1) is 0 Å². The lowest BCUT2D eigenvalue weighted by atomic mass is 10.3. The summed E-state index contributed by atoms with van der Waals surface area (Å²) in [6.45, 7) is 1.88. The van der Waals surface area contributed by atoms with Gasteiger partial charge in [-0.2, -0.15) is 10.2 Å². The Balaban J connectivity index is 2.13. The predicted molar refractivity (Wildman–Crippen MR) is 57.5 cm³/mol. The van der Waals surface area contributed by atoms with Gasteiger partial charge < -0.3 is 0 Å². The average Bonchev–Trinajstić information content (AvgIpc) is 3.02. The number of hydrogen-bond donors (Lipinski definition) is 2. The van der Waals surface area contributed by atoms with Gasteiger partial charge in [0.25, 0.3) is 0 Å². The Bertz CT molecular complexity index is 560. The number of aromatic amines is 2. The van der Waals surface area contributed by atoms with Gasteiger partial charge in [-0.1, -0.05) is 0 Å². The zero-order chi connectivity index (χ0) is 11.7. The molecular formula is C9H8N8. The molecule has 84 valence electrons. The van der Waals surface area contributed by atoms with E-state index in [1.54, 1.807) is 0 Å². The van der Waals surface area contributed by atoms with Crippen LogP contribution in [-0.2, 0) is 0 Å². The van der Waals surface area contributed by atoms with Crippen molar-refractivity contribution in [2.45, 2.75) is 6.92 Å². The highest BCUT2D eigenvalue weighted by Crippen LogP contribution is 2.16. The van der Waals surface area contributed by atoms with Gasteiger partial charge in [-0.3, -0.25) is 10.2 Å². The van der Waals surface area contributed by atoms with Gasteiger partial charge in [0.2, 0.25) is 0 Å². The standard InChI is InChI=1S/C9H8N8/c1-5-2-6(7-10-3-12-16-7)15-9(14-5)8-11-4-13-17-8/h2-4H,1H3,(H,10,12,16)(H,11,13,17). The fraction of sp³-hybridized carbons (Fsp3) is 0.111. The summed E-state index contributed by atoms with van der Waals surface area (Å²) in [6, 6.07) is 1.82. The van der Waals surface area contributed by atoms with E-state index >= 15 is 0 Å². The number of aromatic nitrogens is 8. The van der Waals surface area contributed by atoms with E-state index in [1.165, 1.54) is 12.7 Å². The lowest BCUT2D eigenvalue weighted by molar-refractivity contribution is 1.03. The zero-order valence-electron chi connectivity index (χ0n) is 8.92. The minimum absolute atomic E-state index is 0.480. The zero-order valence-corrected chi connectivity index (χ0v) is 8.92. The van der Waals surface area contributed by atoms with Crippen molar-refractivity contribution >= 4 is 0 Å². The van der Waals surface area contributed by atoms with Crippen molar-refractivity contribution in [2.75, 3.05) is 0 Å². The van der Waals surface area contributed by atoms with Crippen molar-refractivity contribution < 1.29 is 0 Å². The molecule has 0 aliphatic heterocycles. The number of nitrogens with one attached hydrogen (secondary N) is 2. The van der Waals surface area contributed by atoms with E-state index in [1.807, 2.05) is 13.0 Å². The van der Waals surface area contributed by atoms with Crippen LogP contribution in [0.3, 0.4) is 0 Å². The number of hydrogen-bond acceptors (Lipinski definition) is 6. The van der Waals surface area contributed by atoms with Crippen molar-refractivity contribution in [2.24, 2.45) is 0 Å². The van der Waals surface area contributed by atoms with Crippen LogP contribution in [0.25, 0.3) is 23.2 Å². The highest BCUT2D eigenvalue weighted by molar-refractivity contribution is 5.54. The number of rotatable bonds is 2. The summed E-state index contributed by atoms with van der Waals surface area (Å²) >= 11 is 0. The van der Waals surface area contributed by atoms with Crippen LogP contribution in [0.4, 0.5) is 0 Å². The summed E-state index contributed by atoms with van der Waals surface area (Å²) in [6.07, 6.45) is 2.84. The van der Waals surface area contributed by atoms with Gasteiger partial charge in [0.15, 0.2) is 17.5 Å². The topological polar surface area (TPSA) is 109 Å². The molecule has 0 aliphatic carbocycles. The summed E-state index contributed by atoms with van der Waals surface area (Å²) < 4.78 is 0. The number of nitrogens with zero attached hydrogens (tertiary/aromatic N) is 6. The molecule has 3 rings (SSSR count). The molecular weight excluding hydrogens is 220 g/mol. The highest BCUT2D eigenvalue weighted by Gasteiger charge is 2.10. The van der Waals surface area contributed by atoms with Crippen LogP contribution < -0.4 is 0 Å². The molecule has 3 heterocycles. The normalized spacial score (nSPS) is 10.6. The van der Waals surface area contributed by atoms with Crippen LogP contribution in [0.1, 0.15) is 5.69 Å². The molecule has 0 aliphatic rings. The first-order valence-electron chi connectivity index (χ1n) is 4.90. The summed E-state index contributed by atoms with van der Waals surface area (Å²) in [5.41, 5.74) is 1.49. The van der Waals surface area contributed by atoms with Crippen LogP contribution in [0.5, 0.6) is 0 Å². The number of H-pyrrole nitrogens is 2. The van der Waals surface area contributed by atoms with Crippen molar-refractivity contribution in [3.63, 3.8) is 0 Å². The first-order valence-corrected chi connectivity index (χ1v) is 4.90. The smallest absolute Gasteiger partial charge is 0.198 e. The largest absolute Gasteiger partial charge is 0.258 e. The summed E-state index contributed by atoms with van der Waals surface area (Å²) in [5, 5.41) is 13.0. The van der Waals surface area contributed by atoms with E-state index in [4.69, 9.17) is 0 Å². The molecule has 3 aromatic heterocycles. The molecule has 0 fully saturated rings. The molecule has 8 heteroatoms. The van der Waals surface area contributed by atoms with Crippen LogP contribution in [0, 0.1) is 6.92 Å². The molecule has 0 spiro atoms. The SMILES string of the molecule is Cc1cc(-c2ncn[nH]2)nc(-c2ncn[nH]2)n1. The quantitative estimate of drug-likeness (QED) is 0.655. The van der Waals surface area contributed by atoms with Crippen molar-refractivity contribution in [3.05, 3.63) is 24.4 Å². The third-order valence-corrected chi connectivity index (χ3v) is 2.14. The second-order valence-corrected chi connectivity index (χ2v) is 3.39. The van der Waals surface area contributed by atoms with Crippen molar-refractivity contribution in [1.82, 2.24) is 40.3 Å². The molecule has 0 amide bonds. The predicted octanol–water partition coefficient (Wildman–Crippen LogP) is 0.355. The van der Waals surface area contributed by atoms with Gasteiger partial charge >= 0.3 is 0 Å². The van der Waals surface area contributed by atoms with E-state index in [9.17, 15) is 0 Å². The third-order valence-electron chi connectivity index (χ3n) is 2.14. The van der Waals surface area contributed by atoms with E-state index in [-0.39, 0.29) is 0 Å². The van der Waals surface area contributed by atoms with E-state index in [0.29, 0.717) is 23.2 Å². The fourth-order valence-electron chi connectivity index (χ4n) is 1.44. The molecule has 0 atom stereocenters. The lowest BCUT2D eigenvalue weighted by Crippen LogP contribution is -1.97. The van der Waals surface area contributed by atoms with Gasteiger partial charge in [0.1, 0.15) is 18.3 Å². The minimum atomic E-state index is 0.480. The minimum Gasteiger partial charge on any atom is -0.258 e. The molecule has 0 radical (unpaired) electrons. The molecule has 17 heavy (non-hydrogen) atoms.